The van der Waals surface area contributed by atoms with Crippen LogP contribution >= 0.6 is 46.1 Å². The summed E-state index contributed by atoms with van der Waals surface area (Å²) in [5.74, 6) is 0.567. The average Bonchev–Trinajstić information content (AvgIpc) is 3.04. The van der Waals surface area contributed by atoms with Crippen molar-refractivity contribution >= 4 is 56.4 Å². The summed E-state index contributed by atoms with van der Waals surface area (Å²) >= 11 is 19.7. The van der Waals surface area contributed by atoms with Crippen LogP contribution in [0.15, 0.2) is 46.6 Å². The highest BCUT2D eigenvalue weighted by molar-refractivity contribution is 7.17. The molecule has 2 heterocycles. The lowest BCUT2D eigenvalue weighted by atomic mass is 10.0. The third-order valence-electron chi connectivity index (χ3n) is 4.33. The van der Waals surface area contributed by atoms with Crippen molar-refractivity contribution in [3.8, 4) is 11.1 Å². The summed E-state index contributed by atoms with van der Waals surface area (Å²) in [5.41, 5.74) is 3.47. The number of H-pyrrole nitrogens is 1. The van der Waals surface area contributed by atoms with E-state index in [2.05, 4.69) is 9.97 Å². The Morgan fingerprint density at radius 2 is 1.89 bits per heavy atom. The molecule has 27 heavy (non-hydrogen) atoms. The number of benzene rings is 2. The van der Waals surface area contributed by atoms with Crippen LogP contribution in [0.5, 0.6) is 0 Å². The zero-order chi connectivity index (χ0) is 19.1. The molecule has 0 atom stereocenters. The predicted octanol–water partition coefficient (Wildman–Crippen LogP) is 6.51. The molecule has 4 rings (SSSR count). The average molecular weight is 436 g/mol. The molecule has 0 aliphatic heterocycles. The second-order valence-electron chi connectivity index (χ2n) is 6.22. The van der Waals surface area contributed by atoms with Crippen molar-refractivity contribution in [1.82, 2.24) is 9.97 Å². The van der Waals surface area contributed by atoms with Crippen LogP contribution in [0.2, 0.25) is 15.1 Å². The van der Waals surface area contributed by atoms with Gasteiger partial charge < -0.3 is 4.98 Å². The van der Waals surface area contributed by atoms with E-state index in [9.17, 15) is 4.79 Å². The molecule has 0 spiro atoms. The highest BCUT2D eigenvalue weighted by Crippen LogP contribution is 2.33. The fraction of sp³-hybridized carbons (Fsp3) is 0.100. The summed E-state index contributed by atoms with van der Waals surface area (Å²) in [4.78, 5) is 21.0. The van der Waals surface area contributed by atoms with Crippen LogP contribution in [0, 0.1) is 6.92 Å². The molecule has 0 aliphatic rings. The van der Waals surface area contributed by atoms with Gasteiger partial charge >= 0.3 is 0 Å². The number of thiophene rings is 1. The monoisotopic (exact) mass is 434 g/mol. The summed E-state index contributed by atoms with van der Waals surface area (Å²) in [6, 6.07) is 11.0. The number of nitrogens with one attached hydrogen (secondary N) is 1. The van der Waals surface area contributed by atoms with Crippen LogP contribution < -0.4 is 5.56 Å². The Morgan fingerprint density at radius 3 is 2.63 bits per heavy atom. The summed E-state index contributed by atoms with van der Waals surface area (Å²) < 4.78 is 0. The number of hydrogen-bond acceptors (Lipinski definition) is 3. The van der Waals surface area contributed by atoms with Crippen LogP contribution in [0.4, 0.5) is 0 Å². The molecule has 0 bridgehead atoms. The van der Waals surface area contributed by atoms with Gasteiger partial charge in [0.15, 0.2) is 0 Å². The minimum Gasteiger partial charge on any atom is -0.310 e. The molecule has 0 saturated heterocycles. The van der Waals surface area contributed by atoms with Crippen LogP contribution in [-0.4, -0.2) is 9.97 Å². The van der Waals surface area contributed by atoms with E-state index >= 15 is 0 Å². The maximum absolute atomic E-state index is 12.8. The zero-order valence-corrected chi connectivity index (χ0v) is 17.2. The Balaban J connectivity index is 1.77. The van der Waals surface area contributed by atoms with Gasteiger partial charge in [0.1, 0.15) is 10.7 Å². The number of aromatic nitrogens is 2. The van der Waals surface area contributed by atoms with Gasteiger partial charge in [0.05, 0.1) is 5.39 Å². The molecule has 0 amide bonds. The second-order valence-corrected chi connectivity index (χ2v) is 8.33. The van der Waals surface area contributed by atoms with Gasteiger partial charge in [-0.15, -0.1) is 11.3 Å². The third-order valence-corrected chi connectivity index (χ3v) is 6.22. The van der Waals surface area contributed by atoms with Gasteiger partial charge in [-0.2, -0.15) is 0 Å². The van der Waals surface area contributed by atoms with Gasteiger partial charge in [0.25, 0.3) is 5.56 Å². The number of halogens is 3. The van der Waals surface area contributed by atoms with E-state index in [0.29, 0.717) is 37.5 Å². The van der Waals surface area contributed by atoms with Gasteiger partial charge in [-0.25, -0.2) is 4.98 Å². The maximum atomic E-state index is 12.8. The molecule has 0 unspecified atom stereocenters. The van der Waals surface area contributed by atoms with E-state index in [4.69, 9.17) is 34.8 Å². The molecule has 0 aliphatic carbocycles. The summed E-state index contributed by atoms with van der Waals surface area (Å²) in [6.45, 7) is 1.94. The first-order valence-electron chi connectivity index (χ1n) is 8.13. The lowest BCUT2D eigenvalue weighted by molar-refractivity contribution is 0.977. The van der Waals surface area contributed by atoms with Gasteiger partial charge in [-0.05, 0) is 47.9 Å². The van der Waals surface area contributed by atoms with Crippen molar-refractivity contribution in [3.63, 3.8) is 0 Å². The Labute approximate surface area is 174 Å². The molecule has 0 fully saturated rings. The van der Waals surface area contributed by atoms with Gasteiger partial charge in [-0.1, -0.05) is 46.9 Å². The van der Waals surface area contributed by atoms with Crippen molar-refractivity contribution in [2.24, 2.45) is 0 Å². The number of hydrogen-bond donors (Lipinski definition) is 1. The first kappa shape index (κ1) is 18.5. The van der Waals surface area contributed by atoms with E-state index in [0.717, 1.165) is 22.3 Å². The Kier molecular flexibility index (Phi) is 4.99. The predicted molar refractivity (Wildman–Crippen MR) is 115 cm³/mol. The quantitative estimate of drug-likeness (QED) is 0.398. The van der Waals surface area contributed by atoms with E-state index in [-0.39, 0.29) is 5.56 Å². The highest BCUT2D eigenvalue weighted by atomic mass is 35.5. The third kappa shape index (κ3) is 3.63. The summed E-state index contributed by atoms with van der Waals surface area (Å²) in [5, 5.41) is 4.37. The molecule has 3 nitrogen and oxygen atoms in total. The fourth-order valence-corrected chi connectivity index (χ4v) is 4.51. The molecule has 4 aromatic rings. The Bertz CT molecular complexity index is 1230. The smallest absolute Gasteiger partial charge is 0.260 e. The van der Waals surface area contributed by atoms with Crippen molar-refractivity contribution in [2.75, 3.05) is 0 Å². The lowest BCUT2D eigenvalue weighted by Crippen LogP contribution is -2.11. The van der Waals surface area contributed by atoms with Crippen molar-refractivity contribution in [3.05, 3.63) is 84.2 Å². The van der Waals surface area contributed by atoms with E-state index in [1.54, 1.807) is 12.1 Å². The first-order valence-corrected chi connectivity index (χ1v) is 10.1. The van der Waals surface area contributed by atoms with Crippen molar-refractivity contribution in [1.29, 1.82) is 0 Å². The molecular formula is C20H13Cl3N2OS. The van der Waals surface area contributed by atoms with Crippen LogP contribution in [-0.2, 0) is 6.42 Å². The number of rotatable bonds is 3. The second kappa shape index (κ2) is 7.28. The van der Waals surface area contributed by atoms with E-state index in [1.165, 1.54) is 11.3 Å². The molecule has 2 aromatic heterocycles. The van der Waals surface area contributed by atoms with Crippen LogP contribution in [0.25, 0.3) is 21.3 Å². The normalized spacial score (nSPS) is 11.3. The maximum Gasteiger partial charge on any atom is 0.260 e. The van der Waals surface area contributed by atoms with Gasteiger partial charge in [0, 0.05) is 32.4 Å². The van der Waals surface area contributed by atoms with Gasteiger partial charge in [0.2, 0.25) is 0 Å². The lowest BCUT2D eigenvalue weighted by Gasteiger charge is -2.06. The molecule has 136 valence electrons. The largest absolute Gasteiger partial charge is 0.310 e. The fourth-order valence-electron chi connectivity index (χ4n) is 2.95. The number of fused-ring (bicyclic) bond motifs is 1. The van der Waals surface area contributed by atoms with Gasteiger partial charge in [-0.3, -0.25) is 4.79 Å². The SMILES string of the molecule is Cc1cc(-c2csc3nc(Cc4ccc(Cl)cc4Cl)[nH]c(=O)c23)ccc1Cl. The zero-order valence-electron chi connectivity index (χ0n) is 14.1. The molecular weight excluding hydrogens is 423 g/mol. The summed E-state index contributed by atoms with van der Waals surface area (Å²) in [6.07, 6.45) is 0.425. The van der Waals surface area contributed by atoms with E-state index in [1.807, 2.05) is 36.6 Å². The number of aromatic amines is 1. The molecule has 2 aromatic carbocycles. The van der Waals surface area contributed by atoms with E-state index < -0.39 is 0 Å². The number of aryl methyl sites for hydroxylation is 1. The Morgan fingerprint density at radius 1 is 1.07 bits per heavy atom. The standard InChI is InChI=1S/C20H13Cl3N2OS/c1-10-6-11(3-5-15(10)22)14-9-27-20-18(14)19(26)24-17(25-20)7-12-2-4-13(21)8-16(12)23/h2-6,8-9H,7H2,1H3,(H,24,25,26). The molecule has 7 heteroatoms. The molecule has 0 saturated carbocycles. The number of nitrogens with zero attached hydrogens (tertiary/aromatic N) is 1. The van der Waals surface area contributed by atoms with Crippen molar-refractivity contribution in [2.45, 2.75) is 13.3 Å². The molecule has 1 N–H and O–H groups in total. The topological polar surface area (TPSA) is 45.8 Å². The minimum atomic E-state index is -0.163. The Hall–Kier alpha value is -1.85. The van der Waals surface area contributed by atoms with Crippen LogP contribution in [0.1, 0.15) is 17.0 Å². The van der Waals surface area contributed by atoms with Crippen molar-refractivity contribution < 1.29 is 0 Å². The first-order chi connectivity index (χ1) is 12.9. The van der Waals surface area contributed by atoms with Crippen LogP contribution in [0.3, 0.4) is 0 Å². The minimum absolute atomic E-state index is 0.163. The molecule has 0 radical (unpaired) electrons. The highest BCUT2D eigenvalue weighted by Gasteiger charge is 2.14. The summed E-state index contributed by atoms with van der Waals surface area (Å²) in [7, 11) is 0.